The molecular formula is C5H12N2S. The third kappa shape index (κ3) is 1.65. The highest BCUT2D eigenvalue weighted by molar-refractivity contribution is 7.99. The highest BCUT2D eigenvalue weighted by Crippen LogP contribution is 2.13. The standard InChI is InChI=1S/C5H12N2S/c1-4-2-3-8-5(6)7-4/h4-5,7H,2-3,6H2,1H3. The van der Waals surface area contributed by atoms with Gasteiger partial charge < -0.3 is 5.73 Å². The maximum Gasteiger partial charge on any atom is 0.103 e. The first-order chi connectivity index (χ1) is 3.79. The summed E-state index contributed by atoms with van der Waals surface area (Å²) in [5, 5.41) is 3.22. The molecule has 8 heavy (non-hydrogen) atoms. The number of rotatable bonds is 0. The molecule has 0 radical (unpaired) electrons. The topological polar surface area (TPSA) is 38.0 Å². The third-order valence-corrected chi connectivity index (χ3v) is 2.26. The van der Waals surface area contributed by atoms with Crippen LogP contribution < -0.4 is 11.1 Å². The van der Waals surface area contributed by atoms with Gasteiger partial charge in [-0.05, 0) is 19.1 Å². The molecule has 3 N–H and O–H groups in total. The zero-order valence-corrected chi connectivity index (χ0v) is 5.87. The fraction of sp³-hybridized carbons (Fsp3) is 1.00. The van der Waals surface area contributed by atoms with Gasteiger partial charge >= 0.3 is 0 Å². The van der Waals surface area contributed by atoms with E-state index in [1.54, 1.807) is 11.8 Å². The Morgan fingerprint density at radius 3 is 2.88 bits per heavy atom. The van der Waals surface area contributed by atoms with Gasteiger partial charge in [-0.1, -0.05) is 0 Å². The average molecular weight is 132 g/mol. The predicted octanol–water partition coefficient (Wildman–Crippen LogP) is 0.344. The molecule has 2 nitrogen and oxygen atoms in total. The van der Waals surface area contributed by atoms with Crippen LogP contribution in [0, 0.1) is 0 Å². The summed E-state index contributed by atoms with van der Waals surface area (Å²) >= 11 is 1.79. The number of hydrogen-bond acceptors (Lipinski definition) is 3. The fourth-order valence-electron chi connectivity index (χ4n) is 0.784. The molecule has 0 aromatic heterocycles. The number of nitrogens with one attached hydrogen (secondary N) is 1. The first-order valence-electron chi connectivity index (χ1n) is 2.92. The van der Waals surface area contributed by atoms with Gasteiger partial charge in [0, 0.05) is 6.04 Å². The third-order valence-electron chi connectivity index (χ3n) is 1.30. The van der Waals surface area contributed by atoms with Gasteiger partial charge in [-0.3, -0.25) is 5.32 Å². The second kappa shape index (κ2) is 2.71. The van der Waals surface area contributed by atoms with Crippen molar-refractivity contribution in [3.63, 3.8) is 0 Å². The molecule has 1 heterocycles. The first-order valence-corrected chi connectivity index (χ1v) is 3.97. The van der Waals surface area contributed by atoms with Gasteiger partial charge in [0.25, 0.3) is 0 Å². The lowest BCUT2D eigenvalue weighted by molar-refractivity contribution is 0.509. The van der Waals surface area contributed by atoms with E-state index >= 15 is 0 Å². The van der Waals surface area contributed by atoms with Crippen LogP contribution in [0.2, 0.25) is 0 Å². The van der Waals surface area contributed by atoms with Crippen molar-refractivity contribution in [1.29, 1.82) is 0 Å². The summed E-state index contributed by atoms with van der Waals surface area (Å²) in [6.07, 6.45) is 1.25. The predicted molar refractivity (Wildman–Crippen MR) is 37.6 cm³/mol. The Morgan fingerprint density at radius 2 is 2.50 bits per heavy atom. The van der Waals surface area contributed by atoms with Gasteiger partial charge in [0.1, 0.15) is 5.50 Å². The number of hydrogen-bond donors (Lipinski definition) is 2. The molecule has 0 saturated carbocycles. The Balaban J connectivity index is 2.23. The van der Waals surface area contributed by atoms with E-state index in [1.165, 1.54) is 12.2 Å². The molecular weight excluding hydrogens is 120 g/mol. The Kier molecular flexibility index (Phi) is 2.16. The molecule has 1 fully saturated rings. The van der Waals surface area contributed by atoms with Gasteiger partial charge in [-0.2, -0.15) is 0 Å². The Bertz CT molecular complexity index is 68.8. The molecule has 48 valence electrons. The highest BCUT2D eigenvalue weighted by Gasteiger charge is 2.12. The fourth-order valence-corrected chi connectivity index (χ4v) is 1.86. The van der Waals surface area contributed by atoms with Crippen LogP contribution in [0.1, 0.15) is 13.3 Å². The SMILES string of the molecule is CC1CCSC(N)N1. The molecule has 1 rings (SSSR count). The molecule has 0 aromatic rings. The van der Waals surface area contributed by atoms with Crippen LogP contribution in [0.3, 0.4) is 0 Å². The minimum atomic E-state index is 0.179. The van der Waals surface area contributed by atoms with Crippen molar-refractivity contribution in [1.82, 2.24) is 5.32 Å². The maximum atomic E-state index is 5.58. The summed E-state index contributed by atoms with van der Waals surface area (Å²) in [7, 11) is 0. The minimum Gasteiger partial charge on any atom is -0.307 e. The second-order valence-corrected chi connectivity index (χ2v) is 3.40. The van der Waals surface area contributed by atoms with E-state index in [0.717, 1.165) is 0 Å². The Hall–Kier alpha value is 0.270. The van der Waals surface area contributed by atoms with Crippen LogP contribution in [0.25, 0.3) is 0 Å². The molecule has 2 unspecified atom stereocenters. The number of nitrogens with two attached hydrogens (primary N) is 1. The summed E-state index contributed by atoms with van der Waals surface area (Å²) in [6, 6.07) is 0.617. The van der Waals surface area contributed by atoms with Crippen LogP contribution >= 0.6 is 11.8 Å². The lowest BCUT2D eigenvalue weighted by Gasteiger charge is -2.24. The minimum absolute atomic E-state index is 0.179. The molecule has 1 aliphatic heterocycles. The van der Waals surface area contributed by atoms with E-state index in [1.807, 2.05) is 0 Å². The van der Waals surface area contributed by atoms with Gasteiger partial charge in [0.05, 0.1) is 0 Å². The van der Waals surface area contributed by atoms with E-state index in [0.29, 0.717) is 6.04 Å². The molecule has 0 spiro atoms. The highest BCUT2D eigenvalue weighted by atomic mass is 32.2. The van der Waals surface area contributed by atoms with Crippen LogP contribution in [-0.4, -0.2) is 17.3 Å². The molecule has 0 aromatic carbocycles. The molecule has 1 saturated heterocycles. The maximum absolute atomic E-state index is 5.58. The summed E-state index contributed by atoms with van der Waals surface area (Å²) in [4.78, 5) is 0. The summed E-state index contributed by atoms with van der Waals surface area (Å²) in [5.74, 6) is 1.20. The quantitative estimate of drug-likeness (QED) is 0.499. The number of thioether (sulfide) groups is 1. The summed E-state index contributed by atoms with van der Waals surface area (Å²) in [5.41, 5.74) is 5.76. The van der Waals surface area contributed by atoms with Crippen LogP contribution in [-0.2, 0) is 0 Å². The Morgan fingerprint density at radius 1 is 1.75 bits per heavy atom. The second-order valence-electron chi connectivity index (χ2n) is 2.15. The molecule has 2 atom stereocenters. The van der Waals surface area contributed by atoms with Crippen molar-refractivity contribution in [2.45, 2.75) is 24.9 Å². The molecule has 0 amide bonds. The zero-order chi connectivity index (χ0) is 5.98. The van der Waals surface area contributed by atoms with Crippen molar-refractivity contribution in [3.05, 3.63) is 0 Å². The van der Waals surface area contributed by atoms with Crippen molar-refractivity contribution in [2.75, 3.05) is 5.75 Å². The van der Waals surface area contributed by atoms with Crippen molar-refractivity contribution >= 4 is 11.8 Å². The monoisotopic (exact) mass is 132 g/mol. The average Bonchev–Trinajstić information content (AvgIpc) is 1.64. The van der Waals surface area contributed by atoms with Crippen molar-refractivity contribution in [2.24, 2.45) is 5.73 Å². The zero-order valence-electron chi connectivity index (χ0n) is 5.05. The van der Waals surface area contributed by atoms with E-state index in [-0.39, 0.29) is 5.50 Å². The molecule has 3 heteroatoms. The van der Waals surface area contributed by atoms with E-state index in [9.17, 15) is 0 Å². The van der Waals surface area contributed by atoms with Gasteiger partial charge in [0.2, 0.25) is 0 Å². The van der Waals surface area contributed by atoms with Gasteiger partial charge in [-0.15, -0.1) is 11.8 Å². The molecule has 1 aliphatic rings. The van der Waals surface area contributed by atoms with Crippen molar-refractivity contribution in [3.8, 4) is 0 Å². The summed E-state index contributed by atoms with van der Waals surface area (Å²) in [6.45, 7) is 2.17. The lowest BCUT2D eigenvalue weighted by Crippen LogP contribution is -2.44. The first kappa shape index (κ1) is 6.39. The normalized spacial score (nSPS) is 39.8. The van der Waals surface area contributed by atoms with Crippen molar-refractivity contribution < 1.29 is 0 Å². The van der Waals surface area contributed by atoms with Crippen LogP contribution in [0.5, 0.6) is 0 Å². The molecule has 0 bridgehead atoms. The largest absolute Gasteiger partial charge is 0.307 e. The van der Waals surface area contributed by atoms with E-state index < -0.39 is 0 Å². The molecule has 0 aliphatic carbocycles. The lowest BCUT2D eigenvalue weighted by atomic mass is 10.3. The van der Waals surface area contributed by atoms with Crippen LogP contribution in [0.4, 0.5) is 0 Å². The smallest absolute Gasteiger partial charge is 0.103 e. The van der Waals surface area contributed by atoms with E-state index in [2.05, 4.69) is 12.2 Å². The Labute approximate surface area is 54.2 Å². The van der Waals surface area contributed by atoms with Crippen LogP contribution in [0.15, 0.2) is 0 Å². The van der Waals surface area contributed by atoms with Gasteiger partial charge in [-0.25, -0.2) is 0 Å². The van der Waals surface area contributed by atoms with Gasteiger partial charge in [0.15, 0.2) is 0 Å². The summed E-state index contributed by atoms with van der Waals surface area (Å²) < 4.78 is 0. The van der Waals surface area contributed by atoms with E-state index in [4.69, 9.17) is 5.73 Å².